The summed E-state index contributed by atoms with van der Waals surface area (Å²) >= 11 is 0. The van der Waals surface area contributed by atoms with Gasteiger partial charge in [-0.05, 0) is 48.1 Å². The molecule has 1 aliphatic rings. The molecule has 3 N–H and O–H groups in total. The van der Waals surface area contributed by atoms with E-state index in [2.05, 4.69) is 47.2 Å². The lowest BCUT2D eigenvalue weighted by Crippen LogP contribution is -1.98. The van der Waals surface area contributed by atoms with Crippen molar-refractivity contribution >= 4 is 27.6 Å². The topological polar surface area (TPSA) is 67.6 Å². The molecule has 0 aliphatic heterocycles. The Kier molecular flexibility index (Phi) is 2.71. The van der Waals surface area contributed by atoms with Gasteiger partial charge in [0.25, 0.3) is 0 Å². The van der Waals surface area contributed by atoms with E-state index in [1.165, 1.54) is 34.9 Å². The number of aromatic amines is 1. The van der Waals surface area contributed by atoms with Gasteiger partial charge in [-0.3, -0.25) is 0 Å². The Labute approximate surface area is 139 Å². The predicted molar refractivity (Wildman–Crippen MR) is 98.0 cm³/mol. The summed E-state index contributed by atoms with van der Waals surface area (Å²) in [6, 6.07) is 14.6. The summed E-state index contributed by atoms with van der Waals surface area (Å²) in [6.07, 6.45) is 2.47. The molecule has 5 rings (SSSR count). The first-order chi connectivity index (χ1) is 11.7. The van der Waals surface area contributed by atoms with E-state index in [0.717, 1.165) is 16.6 Å². The molecule has 0 atom stereocenters. The number of nitrogens with two attached hydrogens (primary N) is 1. The Morgan fingerprint density at radius 3 is 2.62 bits per heavy atom. The highest BCUT2D eigenvalue weighted by Crippen LogP contribution is 2.46. The first-order valence-corrected chi connectivity index (χ1v) is 8.35. The summed E-state index contributed by atoms with van der Waals surface area (Å²) in [5.74, 6) is 1.87. The highest BCUT2D eigenvalue weighted by atomic mass is 15.0. The van der Waals surface area contributed by atoms with Crippen molar-refractivity contribution in [2.75, 3.05) is 5.73 Å². The Morgan fingerprint density at radius 1 is 1.04 bits per heavy atom. The van der Waals surface area contributed by atoms with Crippen molar-refractivity contribution in [3.05, 3.63) is 53.7 Å². The molecule has 0 unspecified atom stereocenters. The van der Waals surface area contributed by atoms with Crippen LogP contribution in [0.3, 0.4) is 0 Å². The molecule has 1 fully saturated rings. The third-order valence-corrected chi connectivity index (χ3v) is 4.91. The van der Waals surface area contributed by atoms with Crippen LogP contribution in [-0.4, -0.2) is 15.0 Å². The highest BCUT2D eigenvalue weighted by molar-refractivity contribution is 5.93. The van der Waals surface area contributed by atoms with E-state index in [1.807, 2.05) is 12.1 Å². The molecule has 0 bridgehead atoms. The zero-order valence-electron chi connectivity index (χ0n) is 13.5. The van der Waals surface area contributed by atoms with E-state index in [-0.39, 0.29) is 0 Å². The molecule has 0 spiro atoms. The van der Waals surface area contributed by atoms with E-state index >= 15 is 0 Å². The molecule has 0 saturated heterocycles. The van der Waals surface area contributed by atoms with Crippen molar-refractivity contribution in [1.82, 2.24) is 15.0 Å². The quantitative estimate of drug-likeness (QED) is 0.570. The first kappa shape index (κ1) is 13.5. The SMILES string of the molecule is Cc1[nH]c2nc(-c3ccc4ccccc4c3)nc(N)c2c1C1CC1. The zero-order chi connectivity index (χ0) is 16.3. The van der Waals surface area contributed by atoms with Gasteiger partial charge in [-0.2, -0.15) is 0 Å². The summed E-state index contributed by atoms with van der Waals surface area (Å²) in [5.41, 5.74) is 10.6. The van der Waals surface area contributed by atoms with Crippen molar-refractivity contribution in [3.63, 3.8) is 0 Å². The van der Waals surface area contributed by atoms with E-state index in [0.29, 0.717) is 17.6 Å². The van der Waals surface area contributed by atoms with Crippen LogP contribution in [0.25, 0.3) is 33.2 Å². The molecule has 0 radical (unpaired) electrons. The third-order valence-electron chi connectivity index (χ3n) is 4.91. The Bertz CT molecular complexity index is 1090. The summed E-state index contributed by atoms with van der Waals surface area (Å²) in [5, 5.41) is 3.40. The lowest BCUT2D eigenvalue weighted by molar-refractivity contribution is 1.10. The molecule has 4 heteroatoms. The average molecular weight is 314 g/mol. The molecule has 2 heterocycles. The minimum Gasteiger partial charge on any atom is -0.383 e. The fraction of sp³-hybridized carbons (Fsp3) is 0.200. The minimum absolute atomic E-state index is 0.578. The maximum absolute atomic E-state index is 6.32. The second-order valence-electron chi connectivity index (χ2n) is 6.66. The molecule has 1 saturated carbocycles. The van der Waals surface area contributed by atoms with Gasteiger partial charge in [0.15, 0.2) is 5.82 Å². The number of nitrogen functional groups attached to an aromatic ring is 1. The van der Waals surface area contributed by atoms with Gasteiger partial charge < -0.3 is 10.7 Å². The number of nitrogens with zero attached hydrogens (tertiary/aromatic N) is 2. The van der Waals surface area contributed by atoms with Crippen molar-refractivity contribution in [2.45, 2.75) is 25.7 Å². The number of hydrogen-bond donors (Lipinski definition) is 2. The summed E-state index contributed by atoms with van der Waals surface area (Å²) in [7, 11) is 0. The average Bonchev–Trinajstić information content (AvgIpc) is 3.36. The van der Waals surface area contributed by atoms with Gasteiger partial charge in [-0.15, -0.1) is 0 Å². The molecule has 2 aromatic carbocycles. The Balaban J connectivity index is 1.71. The van der Waals surface area contributed by atoms with Crippen LogP contribution < -0.4 is 5.73 Å². The van der Waals surface area contributed by atoms with Gasteiger partial charge in [-0.25, -0.2) is 9.97 Å². The second kappa shape index (κ2) is 4.81. The van der Waals surface area contributed by atoms with Gasteiger partial charge in [0.2, 0.25) is 0 Å². The predicted octanol–water partition coefficient (Wildman–Crippen LogP) is 4.55. The summed E-state index contributed by atoms with van der Waals surface area (Å²) in [4.78, 5) is 12.8. The van der Waals surface area contributed by atoms with E-state index in [4.69, 9.17) is 10.7 Å². The molecule has 2 aromatic heterocycles. The maximum Gasteiger partial charge on any atom is 0.163 e. The van der Waals surface area contributed by atoms with Gasteiger partial charge in [0.1, 0.15) is 11.5 Å². The van der Waals surface area contributed by atoms with Crippen LogP contribution in [-0.2, 0) is 0 Å². The van der Waals surface area contributed by atoms with Crippen molar-refractivity contribution in [3.8, 4) is 11.4 Å². The minimum atomic E-state index is 0.578. The zero-order valence-corrected chi connectivity index (χ0v) is 13.5. The first-order valence-electron chi connectivity index (χ1n) is 8.35. The highest BCUT2D eigenvalue weighted by Gasteiger charge is 2.30. The Morgan fingerprint density at radius 2 is 1.83 bits per heavy atom. The number of anilines is 1. The van der Waals surface area contributed by atoms with E-state index < -0.39 is 0 Å². The van der Waals surface area contributed by atoms with Crippen molar-refractivity contribution in [2.24, 2.45) is 0 Å². The lowest BCUT2D eigenvalue weighted by Gasteiger charge is -2.06. The Hall–Kier alpha value is -2.88. The third kappa shape index (κ3) is 1.99. The number of aromatic nitrogens is 3. The molecule has 1 aliphatic carbocycles. The molecule has 4 aromatic rings. The molecule has 0 amide bonds. The van der Waals surface area contributed by atoms with Gasteiger partial charge in [0.05, 0.1) is 5.39 Å². The van der Waals surface area contributed by atoms with Crippen molar-refractivity contribution in [1.29, 1.82) is 0 Å². The summed E-state index contributed by atoms with van der Waals surface area (Å²) < 4.78 is 0. The number of rotatable bonds is 2. The van der Waals surface area contributed by atoms with E-state index in [9.17, 15) is 0 Å². The number of benzene rings is 2. The largest absolute Gasteiger partial charge is 0.383 e. The maximum atomic E-state index is 6.32. The monoisotopic (exact) mass is 314 g/mol. The standard InChI is InChI=1S/C20H18N4/c1-11-16(13-7-8-13)17-18(21)23-19(24-20(17)22-11)15-9-6-12-4-2-3-5-14(12)10-15/h2-6,9-10,13H,7-8H2,1H3,(H3,21,22,23,24). The number of aryl methyl sites for hydroxylation is 1. The summed E-state index contributed by atoms with van der Waals surface area (Å²) in [6.45, 7) is 2.10. The van der Waals surface area contributed by atoms with Crippen LogP contribution >= 0.6 is 0 Å². The van der Waals surface area contributed by atoms with Crippen LogP contribution in [0.4, 0.5) is 5.82 Å². The fourth-order valence-electron chi connectivity index (χ4n) is 3.61. The van der Waals surface area contributed by atoms with Crippen LogP contribution in [0.15, 0.2) is 42.5 Å². The lowest BCUT2D eigenvalue weighted by atomic mass is 10.1. The van der Waals surface area contributed by atoms with Crippen LogP contribution in [0.5, 0.6) is 0 Å². The second-order valence-corrected chi connectivity index (χ2v) is 6.66. The number of nitrogens with one attached hydrogen (secondary N) is 1. The number of hydrogen-bond acceptors (Lipinski definition) is 3. The molecule has 24 heavy (non-hydrogen) atoms. The van der Waals surface area contributed by atoms with Crippen LogP contribution in [0, 0.1) is 6.92 Å². The molecule has 4 nitrogen and oxygen atoms in total. The van der Waals surface area contributed by atoms with Gasteiger partial charge >= 0.3 is 0 Å². The smallest absolute Gasteiger partial charge is 0.163 e. The number of fused-ring (bicyclic) bond motifs is 2. The fourth-order valence-corrected chi connectivity index (χ4v) is 3.61. The van der Waals surface area contributed by atoms with Crippen LogP contribution in [0.2, 0.25) is 0 Å². The molecular weight excluding hydrogens is 296 g/mol. The van der Waals surface area contributed by atoms with Crippen LogP contribution in [0.1, 0.15) is 30.0 Å². The van der Waals surface area contributed by atoms with Crippen molar-refractivity contribution < 1.29 is 0 Å². The van der Waals surface area contributed by atoms with E-state index in [1.54, 1.807) is 0 Å². The van der Waals surface area contributed by atoms with Gasteiger partial charge in [0, 0.05) is 11.3 Å². The van der Waals surface area contributed by atoms with Gasteiger partial charge in [-0.1, -0.05) is 36.4 Å². The normalized spacial score (nSPS) is 14.5. The number of H-pyrrole nitrogens is 1. The molecule has 118 valence electrons. The molecular formula is C20H18N4.